The van der Waals surface area contributed by atoms with Gasteiger partial charge in [-0.3, -0.25) is 4.90 Å². The summed E-state index contributed by atoms with van der Waals surface area (Å²) >= 11 is 3.46. The summed E-state index contributed by atoms with van der Waals surface area (Å²) in [7, 11) is 3.55. The maximum absolute atomic E-state index is 12.2. The molecule has 3 aromatic rings. The molecule has 0 spiro atoms. The third-order valence-electron chi connectivity index (χ3n) is 5.30. The minimum absolute atomic E-state index is 0.000701. The van der Waals surface area contributed by atoms with Crippen molar-refractivity contribution in [1.82, 2.24) is 9.80 Å². The molecule has 162 valence electrons. The molecular formula is C27H26N2OS2. The number of hydrogen-bond donors (Lipinski definition) is 0. The van der Waals surface area contributed by atoms with Gasteiger partial charge >= 0.3 is 6.03 Å². The van der Waals surface area contributed by atoms with E-state index >= 15 is 0 Å². The smallest absolute Gasteiger partial charge is 0.324 e. The summed E-state index contributed by atoms with van der Waals surface area (Å²) in [6.07, 6.45) is 4.04. The topological polar surface area (TPSA) is 23.6 Å². The first-order chi connectivity index (χ1) is 15.6. The van der Waals surface area contributed by atoms with Crippen molar-refractivity contribution in [3.8, 4) is 0 Å². The summed E-state index contributed by atoms with van der Waals surface area (Å²) in [6, 6.07) is 31.9. The van der Waals surface area contributed by atoms with Gasteiger partial charge in [-0.2, -0.15) is 0 Å². The van der Waals surface area contributed by atoms with Gasteiger partial charge < -0.3 is 4.90 Å². The Hall–Kier alpha value is -2.89. The molecule has 0 aromatic heterocycles. The Bertz CT molecular complexity index is 1000. The van der Waals surface area contributed by atoms with E-state index in [4.69, 9.17) is 0 Å². The predicted octanol–water partition coefficient (Wildman–Crippen LogP) is 6.75. The number of thioether (sulfide) groups is 2. The van der Waals surface area contributed by atoms with Crippen LogP contribution in [0.15, 0.2) is 114 Å². The van der Waals surface area contributed by atoms with Crippen LogP contribution in [-0.4, -0.2) is 35.8 Å². The van der Waals surface area contributed by atoms with E-state index in [0.717, 1.165) is 4.91 Å². The Morgan fingerprint density at radius 2 is 1.34 bits per heavy atom. The molecule has 3 aromatic carbocycles. The molecule has 0 bridgehead atoms. The zero-order chi connectivity index (χ0) is 22.4. The third kappa shape index (κ3) is 4.64. The van der Waals surface area contributed by atoms with Crippen LogP contribution in [0.3, 0.4) is 0 Å². The highest BCUT2D eigenvalue weighted by molar-refractivity contribution is 8.04. The molecule has 0 saturated carbocycles. The lowest BCUT2D eigenvalue weighted by atomic mass is 9.84. The first-order valence-corrected chi connectivity index (χ1v) is 12.3. The second-order valence-corrected chi connectivity index (χ2v) is 9.79. The summed E-state index contributed by atoms with van der Waals surface area (Å²) in [5.74, 6) is 0.641. The number of urea groups is 1. The van der Waals surface area contributed by atoms with Gasteiger partial charge in [0.2, 0.25) is 0 Å². The van der Waals surface area contributed by atoms with Crippen molar-refractivity contribution in [2.24, 2.45) is 0 Å². The zero-order valence-electron chi connectivity index (χ0n) is 18.2. The second-order valence-electron chi connectivity index (χ2n) is 7.65. The van der Waals surface area contributed by atoms with Gasteiger partial charge in [-0.15, -0.1) is 23.5 Å². The van der Waals surface area contributed by atoms with Crippen LogP contribution in [0.2, 0.25) is 0 Å². The second kappa shape index (κ2) is 10.2. The highest BCUT2D eigenvalue weighted by Gasteiger charge is 2.36. The van der Waals surface area contributed by atoms with E-state index in [2.05, 4.69) is 102 Å². The van der Waals surface area contributed by atoms with E-state index in [1.807, 2.05) is 6.20 Å². The maximum atomic E-state index is 12.2. The van der Waals surface area contributed by atoms with Gasteiger partial charge in [0.05, 0.1) is 10.6 Å². The highest BCUT2D eigenvalue weighted by atomic mass is 32.2. The summed E-state index contributed by atoms with van der Waals surface area (Å²) < 4.78 is -0.386. The first-order valence-electron chi connectivity index (χ1n) is 10.4. The molecule has 1 aliphatic heterocycles. The number of amides is 2. The standard InChI is InChI=1S/C27H26N2OS2/c1-28(2)26(30)29-20-25(31-21-29)18-19-32-27(22-12-6-3-7-13-22,23-14-8-4-9-15-23)24-16-10-5-11-17-24/h3-20H,21H2,1-2H3/b19-18-. The molecule has 32 heavy (non-hydrogen) atoms. The van der Waals surface area contributed by atoms with E-state index in [0.29, 0.717) is 5.88 Å². The van der Waals surface area contributed by atoms with Crippen molar-refractivity contribution in [3.05, 3.63) is 130 Å². The number of nitrogens with zero attached hydrogens (tertiary/aromatic N) is 2. The average Bonchev–Trinajstić information content (AvgIpc) is 3.32. The summed E-state index contributed by atoms with van der Waals surface area (Å²) in [5, 5.41) is 2.16. The summed E-state index contributed by atoms with van der Waals surface area (Å²) in [4.78, 5) is 16.7. The van der Waals surface area contributed by atoms with Crippen LogP contribution in [0.25, 0.3) is 0 Å². The van der Waals surface area contributed by atoms with Gasteiger partial charge in [-0.1, -0.05) is 91.0 Å². The molecule has 0 aliphatic carbocycles. The van der Waals surface area contributed by atoms with E-state index < -0.39 is 0 Å². The Morgan fingerprint density at radius 1 is 0.875 bits per heavy atom. The monoisotopic (exact) mass is 458 g/mol. The number of hydrogen-bond acceptors (Lipinski definition) is 3. The lowest BCUT2D eigenvalue weighted by Gasteiger charge is -2.34. The average molecular weight is 459 g/mol. The fraction of sp³-hybridized carbons (Fsp3) is 0.148. The molecule has 5 heteroatoms. The quantitative estimate of drug-likeness (QED) is 0.382. The van der Waals surface area contributed by atoms with Crippen molar-refractivity contribution >= 4 is 29.6 Å². The highest BCUT2D eigenvalue weighted by Crippen LogP contribution is 2.49. The number of benzene rings is 3. The third-order valence-corrected chi connectivity index (χ3v) is 7.61. The molecule has 4 rings (SSSR count). The Morgan fingerprint density at radius 3 is 1.78 bits per heavy atom. The number of rotatable bonds is 6. The first kappa shape index (κ1) is 22.3. The van der Waals surface area contributed by atoms with Crippen LogP contribution >= 0.6 is 23.5 Å². The molecular weight excluding hydrogens is 432 g/mol. The Kier molecular flexibility index (Phi) is 7.08. The fourth-order valence-electron chi connectivity index (χ4n) is 3.76. The van der Waals surface area contributed by atoms with Crippen LogP contribution in [-0.2, 0) is 4.75 Å². The van der Waals surface area contributed by atoms with Gasteiger partial charge in [-0.05, 0) is 28.2 Å². The van der Waals surface area contributed by atoms with Crippen molar-refractivity contribution in [2.45, 2.75) is 4.75 Å². The van der Waals surface area contributed by atoms with Crippen LogP contribution in [0.4, 0.5) is 4.79 Å². The Labute approximate surface area is 198 Å². The molecule has 0 radical (unpaired) electrons. The maximum Gasteiger partial charge on any atom is 0.324 e. The lowest BCUT2D eigenvalue weighted by Crippen LogP contribution is -2.33. The minimum Gasteiger partial charge on any atom is -0.330 e. The van der Waals surface area contributed by atoms with Crippen LogP contribution in [0.1, 0.15) is 16.7 Å². The molecule has 2 amide bonds. The molecule has 0 unspecified atom stereocenters. The molecule has 0 atom stereocenters. The minimum atomic E-state index is -0.386. The molecule has 1 aliphatic rings. The van der Waals surface area contributed by atoms with Gasteiger partial charge in [0, 0.05) is 25.2 Å². The zero-order valence-corrected chi connectivity index (χ0v) is 19.9. The van der Waals surface area contributed by atoms with Gasteiger partial charge in [0.15, 0.2) is 0 Å². The molecule has 3 nitrogen and oxygen atoms in total. The van der Waals surface area contributed by atoms with Gasteiger partial charge in [0.25, 0.3) is 0 Å². The molecule has 0 saturated heterocycles. The molecule has 0 fully saturated rings. The number of carbonyl (C=O) groups is 1. The molecule has 1 heterocycles. The van der Waals surface area contributed by atoms with Crippen molar-refractivity contribution in [2.75, 3.05) is 20.0 Å². The van der Waals surface area contributed by atoms with Crippen molar-refractivity contribution < 1.29 is 4.79 Å². The lowest BCUT2D eigenvalue weighted by molar-refractivity contribution is 0.195. The van der Waals surface area contributed by atoms with Crippen molar-refractivity contribution in [1.29, 1.82) is 0 Å². The SMILES string of the molecule is CN(C)C(=O)N1C=C(/C=C\SC(c2ccccc2)(c2ccccc2)c2ccccc2)SC1. The van der Waals surface area contributed by atoms with E-state index in [1.165, 1.54) is 16.7 Å². The van der Waals surface area contributed by atoms with E-state index in [1.54, 1.807) is 47.4 Å². The number of allylic oxidation sites excluding steroid dienone is 1. The number of carbonyl (C=O) groups excluding carboxylic acids is 1. The summed E-state index contributed by atoms with van der Waals surface area (Å²) in [6.45, 7) is 0. The molecule has 0 N–H and O–H groups in total. The van der Waals surface area contributed by atoms with E-state index in [9.17, 15) is 4.79 Å². The largest absolute Gasteiger partial charge is 0.330 e. The van der Waals surface area contributed by atoms with Gasteiger partial charge in [0.1, 0.15) is 0 Å². The fourth-order valence-corrected chi connectivity index (χ4v) is 5.92. The van der Waals surface area contributed by atoms with Crippen LogP contribution in [0, 0.1) is 0 Å². The normalized spacial score (nSPS) is 13.9. The van der Waals surface area contributed by atoms with Crippen molar-refractivity contribution in [3.63, 3.8) is 0 Å². The van der Waals surface area contributed by atoms with E-state index in [-0.39, 0.29) is 10.8 Å². The summed E-state index contributed by atoms with van der Waals surface area (Å²) in [5.41, 5.74) is 3.68. The van der Waals surface area contributed by atoms with Crippen LogP contribution in [0.5, 0.6) is 0 Å². The van der Waals surface area contributed by atoms with Gasteiger partial charge in [-0.25, -0.2) is 4.79 Å². The Balaban J connectivity index is 1.73. The predicted molar refractivity (Wildman–Crippen MR) is 137 cm³/mol. The van der Waals surface area contributed by atoms with Crippen LogP contribution < -0.4 is 0 Å².